The van der Waals surface area contributed by atoms with Crippen LogP contribution in [0.25, 0.3) is 0 Å². The molecular weight excluding hydrogens is 190 g/mol. The Bertz CT molecular complexity index is 97.9. The zero-order valence-corrected chi connectivity index (χ0v) is 7.22. The van der Waals surface area contributed by atoms with Gasteiger partial charge in [0.1, 0.15) is 0 Å². The summed E-state index contributed by atoms with van der Waals surface area (Å²) in [5.41, 5.74) is 0. The van der Waals surface area contributed by atoms with E-state index in [9.17, 15) is 4.79 Å². The summed E-state index contributed by atoms with van der Waals surface area (Å²) in [5, 5.41) is 0. The first-order chi connectivity index (χ1) is 3.42. The van der Waals surface area contributed by atoms with Crippen molar-refractivity contribution < 1.29 is 9.22 Å². The maximum Gasteiger partial charge on any atom is 0.557 e. The molecule has 0 heterocycles. The van der Waals surface area contributed by atoms with Gasteiger partial charge in [0, 0.05) is 6.92 Å². The number of carbonyl (C=O) groups is 1. The first-order valence-electron chi connectivity index (χ1n) is 1.68. The first-order valence-corrected chi connectivity index (χ1v) is 6.62. The van der Waals surface area contributed by atoms with Crippen LogP contribution in [0.1, 0.15) is 6.92 Å². The molecule has 0 rings (SSSR count). The highest BCUT2D eigenvalue weighted by atomic mass is 35.8. The van der Waals surface area contributed by atoms with Crippen molar-refractivity contribution in [3.8, 4) is 0 Å². The van der Waals surface area contributed by atoms with Gasteiger partial charge in [0.15, 0.2) is 0 Å². The average molecular weight is 193 g/mol. The topological polar surface area (TPSA) is 26.3 Å². The van der Waals surface area contributed by atoms with Crippen LogP contribution >= 0.6 is 33.2 Å². The van der Waals surface area contributed by atoms with Crippen LogP contribution in [-0.4, -0.2) is 12.2 Å². The van der Waals surface area contributed by atoms with Gasteiger partial charge in [-0.15, -0.1) is 0 Å². The van der Waals surface area contributed by atoms with Gasteiger partial charge in [-0.1, -0.05) is 33.2 Å². The Morgan fingerprint density at radius 2 is 1.88 bits per heavy atom. The molecule has 2 nitrogen and oxygen atoms in total. The first kappa shape index (κ1) is 8.56. The molecule has 8 heavy (non-hydrogen) atoms. The lowest BCUT2D eigenvalue weighted by molar-refractivity contribution is -0.131. The van der Waals surface area contributed by atoms with E-state index in [1.54, 1.807) is 0 Å². The van der Waals surface area contributed by atoms with E-state index >= 15 is 0 Å². The summed E-state index contributed by atoms with van der Waals surface area (Å²) in [5.74, 6) is -0.559. The van der Waals surface area contributed by atoms with Gasteiger partial charge < -0.3 is 4.43 Å². The number of halogens is 3. The molecule has 6 heteroatoms. The number of hydrogen-bond donors (Lipinski definition) is 0. The van der Waals surface area contributed by atoms with Crippen LogP contribution in [0.4, 0.5) is 0 Å². The third-order valence-corrected chi connectivity index (χ3v) is 1.47. The van der Waals surface area contributed by atoms with Crippen LogP contribution in [0.2, 0.25) is 0 Å². The van der Waals surface area contributed by atoms with E-state index < -0.39 is 12.2 Å². The lowest BCUT2D eigenvalue weighted by Crippen LogP contribution is -2.19. The summed E-state index contributed by atoms with van der Waals surface area (Å²) in [6, 6.07) is 0. The van der Waals surface area contributed by atoms with Crippen molar-refractivity contribution in [3.63, 3.8) is 0 Å². The summed E-state index contributed by atoms with van der Waals surface area (Å²) in [6.45, 7) is 1.19. The Kier molecular flexibility index (Phi) is 3.12. The molecule has 0 aliphatic carbocycles. The second-order valence-electron chi connectivity index (χ2n) is 1.04. The standard InChI is InChI=1S/C2H3Cl3O2Si/c1-2(6)7-8(3,4)5/h1H3. The Morgan fingerprint density at radius 1 is 1.50 bits per heavy atom. The minimum atomic E-state index is -3.15. The van der Waals surface area contributed by atoms with E-state index in [2.05, 4.69) is 4.43 Å². The maximum atomic E-state index is 10.0. The molecule has 0 bridgehead atoms. The van der Waals surface area contributed by atoms with Crippen LogP contribution in [0, 0.1) is 0 Å². The highest BCUT2D eigenvalue weighted by Crippen LogP contribution is 2.20. The Balaban J connectivity index is 3.55. The molecule has 0 amide bonds. The molecule has 0 atom stereocenters. The van der Waals surface area contributed by atoms with E-state index in [4.69, 9.17) is 33.2 Å². The van der Waals surface area contributed by atoms with Gasteiger partial charge in [-0.2, -0.15) is 0 Å². The molecule has 0 N–H and O–H groups in total. The van der Waals surface area contributed by atoms with E-state index in [-0.39, 0.29) is 0 Å². The van der Waals surface area contributed by atoms with Crippen LogP contribution in [0.3, 0.4) is 0 Å². The van der Waals surface area contributed by atoms with Crippen LogP contribution in [-0.2, 0) is 9.22 Å². The van der Waals surface area contributed by atoms with Crippen molar-refractivity contribution in [1.29, 1.82) is 0 Å². The molecule has 0 spiro atoms. The van der Waals surface area contributed by atoms with Crippen LogP contribution in [0.15, 0.2) is 0 Å². The van der Waals surface area contributed by atoms with E-state index in [1.807, 2.05) is 0 Å². The normalized spacial score (nSPS) is 11.0. The molecular formula is C2H3Cl3O2Si. The lowest BCUT2D eigenvalue weighted by Gasteiger charge is -2.04. The largest absolute Gasteiger partial charge is 0.557 e. The van der Waals surface area contributed by atoms with Gasteiger partial charge in [-0.25, -0.2) is 0 Å². The number of rotatable bonds is 1. The van der Waals surface area contributed by atoms with Crippen molar-refractivity contribution in [1.82, 2.24) is 0 Å². The molecule has 48 valence electrons. The van der Waals surface area contributed by atoms with Gasteiger partial charge in [0.2, 0.25) is 0 Å². The third-order valence-electron chi connectivity index (χ3n) is 0.259. The number of carbonyl (C=O) groups excluding carboxylic acids is 1. The van der Waals surface area contributed by atoms with Gasteiger partial charge in [-0.05, 0) is 0 Å². The average Bonchev–Trinajstić information content (AvgIpc) is 1.21. The highest BCUT2D eigenvalue weighted by Gasteiger charge is 2.30. The Hall–Kier alpha value is 0.557. The van der Waals surface area contributed by atoms with E-state index in [0.29, 0.717) is 0 Å². The molecule has 0 aromatic carbocycles. The fourth-order valence-corrected chi connectivity index (χ4v) is 1.47. The molecule has 0 saturated heterocycles. The fraction of sp³-hybridized carbons (Fsp3) is 0.500. The fourth-order valence-electron chi connectivity index (χ4n) is 0.163. The molecule has 0 unspecified atom stereocenters. The SMILES string of the molecule is CC(=O)O[Si](Cl)(Cl)Cl. The molecule has 0 aromatic heterocycles. The van der Waals surface area contributed by atoms with Crippen molar-refractivity contribution >= 4 is 45.5 Å². The lowest BCUT2D eigenvalue weighted by atomic mass is 10.9. The highest BCUT2D eigenvalue weighted by molar-refractivity contribution is 7.62. The smallest absolute Gasteiger partial charge is 0.481 e. The van der Waals surface area contributed by atoms with Gasteiger partial charge in [0.05, 0.1) is 0 Å². The summed E-state index contributed by atoms with van der Waals surface area (Å²) < 4.78 is 4.23. The minimum Gasteiger partial charge on any atom is -0.481 e. The summed E-state index contributed by atoms with van der Waals surface area (Å²) in [6.07, 6.45) is -3.15. The van der Waals surface area contributed by atoms with Gasteiger partial charge in [0.25, 0.3) is 5.97 Å². The quantitative estimate of drug-likeness (QED) is 0.468. The molecule has 0 radical (unpaired) electrons. The van der Waals surface area contributed by atoms with Gasteiger partial charge in [-0.3, -0.25) is 4.79 Å². The molecule has 0 aromatic rings. The minimum absolute atomic E-state index is 0.559. The zero-order chi connectivity index (χ0) is 6.78. The Labute approximate surface area is 61.9 Å². The maximum absolute atomic E-state index is 10.0. The van der Waals surface area contributed by atoms with E-state index in [1.165, 1.54) is 6.92 Å². The predicted molar refractivity (Wildman–Crippen MR) is 35.1 cm³/mol. The third kappa shape index (κ3) is 6.56. The monoisotopic (exact) mass is 192 g/mol. The van der Waals surface area contributed by atoms with E-state index in [0.717, 1.165) is 0 Å². The molecule has 0 fully saturated rings. The van der Waals surface area contributed by atoms with Crippen molar-refractivity contribution in [2.45, 2.75) is 6.92 Å². The van der Waals surface area contributed by atoms with Crippen molar-refractivity contribution in [2.24, 2.45) is 0 Å². The molecule has 0 saturated carbocycles. The van der Waals surface area contributed by atoms with Crippen molar-refractivity contribution in [3.05, 3.63) is 0 Å². The molecule has 0 aliphatic heterocycles. The van der Waals surface area contributed by atoms with Crippen LogP contribution < -0.4 is 0 Å². The second-order valence-corrected chi connectivity index (χ2v) is 8.67. The number of hydrogen-bond acceptors (Lipinski definition) is 2. The van der Waals surface area contributed by atoms with Crippen LogP contribution in [0.5, 0.6) is 0 Å². The van der Waals surface area contributed by atoms with Crippen molar-refractivity contribution in [2.75, 3.05) is 0 Å². The molecule has 0 aliphatic rings. The Morgan fingerprint density at radius 3 is 1.88 bits per heavy atom. The second kappa shape index (κ2) is 2.92. The summed E-state index contributed by atoms with van der Waals surface area (Å²) in [7, 11) is 0. The zero-order valence-electron chi connectivity index (χ0n) is 3.95. The predicted octanol–water partition coefficient (Wildman–Crippen LogP) is 1.70. The summed E-state index contributed by atoms with van der Waals surface area (Å²) >= 11 is 15.5. The summed E-state index contributed by atoms with van der Waals surface area (Å²) in [4.78, 5) is 10.0. The van der Waals surface area contributed by atoms with Gasteiger partial charge >= 0.3 is 6.25 Å².